The van der Waals surface area contributed by atoms with Crippen LogP contribution in [0.4, 0.5) is 15.3 Å². The predicted octanol–water partition coefficient (Wildman–Crippen LogP) is 7.01. The molecule has 55 heavy (non-hydrogen) atoms. The number of nitrogens with one attached hydrogen (secondary N) is 2. The van der Waals surface area contributed by atoms with E-state index in [4.69, 9.17) is 23.9 Å². The maximum absolute atomic E-state index is 14.4. The zero-order valence-corrected chi connectivity index (χ0v) is 33.9. The van der Waals surface area contributed by atoms with Crippen molar-refractivity contribution in [2.75, 3.05) is 30.1 Å². The highest BCUT2D eigenvalue weighted by Crippen LogP contribution is 2.57. The Hall–Kier alpha value is -5.10. The monoisotopic (exact) mass is 777 g/mol. The second-order valence-electron chi connectivity index (χ2n) is 16.2. The molecule has 0 aliphatic carbocycles. The van der Waals surface area contributed by atoms with Gasteiger partial charge < -0.3 is 28.8 Å². The van der Waals surface area contributed by atoms with E-state index in [1.165, 1.54) is 0 Å². The molecule has 1 aromatic carbocycles. The molecule has 2 amide bonds. The topological polar surface area (TPSA) is 188 Å². The molecule has 2 N–H and O–H groups in total. The third-order valence-electron chi connectivity index (χ3n) is 9.26. The number of nitriles is 1. The summed E-state index contributed by atoms with van der Waals surface area (Å²) >= 11 is 0. The standard InChI is InChI=1S/C40H51N5O9S/c1-10-40(52-31(46)14-13-18-42-36(49)53-38(2,3)4)28-21-30-32-26(22-45(30)34(47)27(28)23-51-35(40)48)33(55(8,9)19-12-11-17-41)25-20-24(15-16-29(25)44-32)43-37(50)54-39(5,6)7/h15-16,20-21H,10-14,18-19,22-23H2,1-9H3,(H,42,49)(H,43,50)/t40-/m0/s1. The summed E-state index contributed by atoms with van der Waals surface area (Å²) in [6, 6.07) is 9.38. The van der Waals surface area contributed by atoms with Gasteiger partial charge in [0, 0.05) is 46.5 Å². The summed E-state index contributed by atoms with van der Waals surface area (Å²) in [5.41, 5.74) is -0.0984. The molecule has 5 rings (SSSR count). The molecule has 1 atom stereocenters. The van der Waals surface area contributed by atoms with Crippen molar-refractivity contribution >= 4 is 50.7 Å². The van der Waals surface area contributed by atoms with Crippen molar-refractivity contribution in [1.82, 2.24) is 14.9 Å². The predicted molar refractivity (Wildman–Crippen MR) is 209 cm³/mol. The number of esters is 2. The van der Waals surface area contributed by atoms with Crippen LogP contribution in [-0.2, 0) is 47.3 Å². The molecule has 0 spiro atoms. The van der Waals surface area contributed by atoms with Crippen molar-refractivity contribution in [3.63, 3.8) is 0 Å². The van der Waals surface area contributed by atoms with Gasteiger partial charge in [-0.25, -0.2) is 29.4 Å². The minimum Gasteiger partial charge on any atom is -0.457 e. The van der Waals surface area contributed by atoms with Gasteiger partial charge in [0.1, 0.15) is 17.8 Å². The fourth-order valence-electron chi connectivity index (χ4n) is 6.93. The van der Waals surface area contributed by atoms with Gasteiger partial charge in [-0.15, -0.1) is 0 Å². The second kappa shape index (κ2) is 15.6. The van der Waals surface area contributed by atoms with Crippen LogP contribution in [0.15, 0.2) is 34.0 Å². The molecule has 296 valence electrons. The van der Waals surface area contributed by atoms with Crippen molar-refractivity contribution < 1.29 is 38.1 Å². The Morgan fingerprint density at radius 2 is 1.71 bits per heavy atom. The van der Waals surface area contributed by atoms with Gasteiger partial charge in [-0.3, -0.25) is 14.9 Å². The number of benzene rings is 1. The van der Waals surface area contributed by atoms with Crippen LogP contribution in [0, 0.1) is 11.3 Å². The number of ether oxygens (including phenoxy) is 4. The number of hydrogen-bond acceptors (Lipinski definition) is 11. The van der Waals surface area contributed by atoms with E-state index in [9.17, 15) is 29.2 Å². The first kappa shape index (κ1) is 41.1. The fraction of sp³-hybridized carbons (Fsp3) is 0.525. The van der Waals surface area contributed by atoms with Crippen LogP contribution < -0.4 is 16.2 Å². The highest BCUT2D eigenvalue weighted by atomic mass is 32.3. The van der Waals surface area contributed by atoms with E-state index in [0.717, 1.165) is 21.6 Å². The molecule has 0 bridgehead atoms. The first-order valence-electron chi connectivity index (χ1n) is 18.4. The van der Waals surface area contributed by atoms with Crippen molar-refractivity contribution in [2.45, 2.75) is 115 Å². The maximum atomic E-state index is 14.4. The third-order valence-corrected chi connectivity index (χ3v) is 12.1. The van der Waals surface area contributed by atoms with Crippen LogP contribution in [0.25, 0.3) is 22.3 Å². The molecule has 3 aromatic rings. The van der Waals surface area contributed by atoms with Crippen molar-refractivity contribution in [2.24, 2.45) is 0 Å². The lowest BCUT2D eigenvalue weighted by molar-refractivity contribution is -0.189. The molecule has 4 heterocycles. The average molecular weight is 778 g/mol. The summed E-state index contributed by atoms with van der Waals surface area (Å²) in [6.45, 7) is 12.3. The lowest BCUT2D eigenvalue weighted by Crippen LogP contribution is -2.47. The lowest BCUT2D eigenvalue weighted by Gasteiger charge is -2.35. The first-order valence-corrected chi connectivity index (χ1v) is 21.0. The number of nitrogens with zero attached hydrogens (tertiary/aromatic N) is 3. The summed E-state index contributed by atoms with van der Waals surface area (Å²) < 4.78 is 23.8. The van der Waals surface area contributed by atoms with E-state index < -0.39 is 51.0 Å². The quantitative estimate of drug-likeness (QED) is 0.0906. The Morgan fingerprint density at radius 3 is 2.36 bits per heavy atom. The van der Waals surface area contributed by atoms with Crippen LogP contribution in [0.3, 0.4) is 0 Å². The molecular formula is C40H51N5O9S. The molecule has 2 aliphatic heterocycles. The SMILES string of the molecule is CC[C@@]1(OC(=O)CCCNC(=O)OC(C)(C)C)C(=O)OCc2c1cc1n(c2=O)Cc2c-1nc1ccc(NC(=O)OC(C)(C)C)cc1c2S(C)(C)CCCC#N. The largest absolute Gasteiger partial charge is 0.457 e. The number of rotatable bonds is 11. The normalized spacial score (nSPS) is 16.5. The van der Waals surface area contributed by atoms with Crippen molar-refractivity contribution in [3.8, 4) is 17.5 Å². The zero-order chi connectivity index (χ0) is 40.5. The van der Waals surface area contributed by atoms with E-state index in [0.29, 0.717) is 35.4 Å². The molecule has 14 nitrogen and oxygen atoms in total. The Labute approximate surface area is 322 Å². The summed E-state index contributed by atoms with van der Waals surface area (Å²) in [6.07, 6.45) is 4.32. The highest BCUT2D eigenvalue weighted by Gasteiger charge is 2.50. The number of amides is 2. The number of pyridine rings is 2. The van der Waals surface area contributed by atoms with E-state index in [-0.39, 0.29) is 55.6 Å². The molecule has 0 radical (unpaired) electrons. The van der Waals surface area contributed by atoms with Gasteiger partial charge in [-0.2, -0.15) is 5.26 Å². The first-order chi connectivity index (χ1) is 25.7. The van der Waals surface area contributed by atoms with Gasteiger partial charge in [0.2, 0.25) is 5.60 Å². The fourth-order valence-corrected chi connectivity index (χ4v) is 9.58. The van der Waals surface area contributed by atoms with Gasteiger partial charge in [0.25, 0.3) is 5.56 Å². The number of fused-ring (bicyclic) bond motifs is 5. The van der Waals surface area contributed by atoms with Gasteiger partial charge in [-0.05, 0) is 103 Å². The third kappa shape index (κ3) is 8.91. The Bertz CT molecular complexity index is 2140. The highest BCUT2D eigenvalue weighted by molar-refractivity contribution is 8.32. The molecule has 0 saturated heterocycles. The van der Waals surface area contributed by atoms with E-state index in [1.54, 1.807) is 65.2 Å². The molecule has 15 heteroatoms. The number of carbonyl (C=O) groups excluding carboxylic acids is 4. The molecule has 0 fully saturated rings. The lowest BCUT2D eigenvalue weighted by atomic mass is 9.85. The Balaban J connectivity index is 1.55. The van der Waals surface area contributed by atoms with E-state index in [1.807, 2.05) is 12.1 Å². The molecule has 0 unspecified atom stereocenters. The van der Waals surface area contributed by atoms with Crippen LogP contribution in [0.1, 0.15) is 97.3 Å². The molecule has 2 aromatic heterocycles. The minimum absolute atomic E-state index is 0.0103. The zero-order valence-electron chi connectivity index (χ0n) is 33.1. The number of carbonyl (C=O) groups is 4. The van der Waals surface area contributed by atoms with Gasteiger partial charge in [0.05, 0.1) is 35.1 Å². The molecule has 0 saturated carbocycles. The van der Waals surface area contributed by atoms with Crippen LogP contribution in [0.2, 0.25) is 0 Å². The number of alkyl carbamates (subject to hydrolysis) is 1. The number of hydrogen-bond donors (Lipinski definition) is 2. The molecular weight excluding hydrogens is 727 g/mol. The van der Waals surface area contributed by atoms with Gasteiger partial charge in [0.15, 0.2) is 0 Å². The second-order valence-corrected chi connectivity index (χ2v) is 20.1. The maximum Gasteiger partial charge on any atom is 0.412 e. The van der Waals surface area contributed by atoms with Crippen molar-refractivity contribution in [1.29, 1.82) is 5.26 Å². The van der Waals surface area contributed by atoms with E-state index >= 15 is 0 Å². The average Bonchev–Trinajstić information content (AvgIpc) is 3.43. The van der Waals surface area contributed by atoms with Gasteiger partial charge in [-0.1, -0.05) is 6.92 Å². The number of cyclic esters (lactones) is 1. The smallest absolute Gasteiger partial charge is 0.412 e. The van der Waals surface area contributed by atoms with Crippen LogP contribution >= 0.6 is 10.0 Å². The minimum atomic E-state index is -1.87. The Morgan fingerprint density at radius 1 is 1.02 bits per heavy atom. The van der Waals surface area contributed by atoms with E-state index in [2.05, 4.69) is 29.2 Å². The Kier molecular flexibility index (Phi) is 11.6. The molecule has 2 aliphatic rings. The summed E-state index contributed by atoms with van der Waals surface area (Å²) in [7, 11) is -1.62. The summed E-state index contributed by atoms with van der Waals surface area (Å²) in [4.78, 5) is 72.0. The number of unbranched alkanes of at least 4 members (excludes halogenated alkanes) is 1. The van der Waals surface area contributed by atoms with Gasteiger partial charge >= 0.3 is 24.1 Å². The summed E-state index contributed by atoms with van der Waals surface area (Å²) in [5.74, 6) is -0.726. The van der Waals surface area contributed by atoms with Crippen LogP contribution in [-0.4, -0.2) is 69.7 Å². The van der Waals surface area contributed by atoms with Crippen LogP contribution in [0.5, 0.6) is 0 Å². The number of aromatic nitrogens is 2. The van der Waals surface area contributed by atoms with Crippen molar-refractivity contribution in [3.05, 3.63) is 51.3 Å². The number of anilines is 1. The summed E-state index contributed by atoms with van der Waals surface area (Å²) in [5, 5.41) is 15.6.